The van der Waals surface area contributed by atoms with Crippen LogP contribution in [0.2, 0.25) is 0 Å². The molecule has 0 bridgehead atoms. The Morgan fingerprint density at radius 1 is 0.861 bits per heavy atom. The number of aromatic nitrogens is 2. The molecule has 0 fully saturated rings. The van der Waals surface area contributed by atoms with E-state index in [0.717, 1.165) is 11.1 Å². The maximum Gasteiger partial charge on any atom is 0.337 e. The van der Waals surface area contributed by atoms with Gasteiger partial charge in [-0.15, -0.1) is 0 Å². The topological polar surface area (TPSA) is 127 Å². The van der Waals surface area contributed by atoms with Crippen molar-refractivity contribution in [3.8, 4) is 0 Å². The first-order valence-corrected chi connectivity index (χ1v) is 11.1. The van der Waals surface area contributed by atoms with Crippen LogP contribution in [0.1, 0.15) is 31.8 Å². The van der Waals surface area contributed by atoms with E-state index in [4.69, 9.17) is 10.5 Å². The Balaban J connectivity index is 1.81. The second-order valence-electron chi connectivity index (χ2n) is 8.01. The van der Waals surface area contributed by atoms with E-state index in [0.29, 0.717) is 0 Å². The molecule has 1 aromatic heterocycles. The number of H-pyrrole nitrogens is 1. The van der Waals surface area contributed by atoms with Crippen molar-refractivity contribution in [2.45, 2.75) is 13.1 Å². The van der Waals surface area contributed by atoms with E-state index in [2.05, 4.69) is 4.98 Å². The lowest BCUT2D eigenvalue weighted by molar-refractivity contribution is 0.0600. The fourth-order valence-corrected chi connectivity index (χ4v) is 3.80. The van der Waals surface area contributed by atoms with Gasteiger partial charge in [0, 0.05) is 5.56 Å². The molecule has 0 aliphatic rings. The molecular formula is C27H24N4O5. The molecule has 36 heavy (non-hydrogen) atoms. The molecule has 9 nitrogen and oxygen atoms in total. The molecule has 182 valence electrons. The van der Waals surface area contributed by atoms with Gasteiger partial charge in [-0.25, -0.2) is 9.59 Å². The van der Waals surface area contributed by atoms with Gasteiger partial charge in [-0.2, -0.15) is 0 Å². The Bertz CT molecular complexity index is 1490. The van der Waals surface area contributed by atoms with Gasteiger partial charge < -0.3 is 10.5 Å². The van der Waals surface area contributed by atoms with Crippen LogP contribution in [0.15, 0.2) is 94.5 Å². The van der Waals surface area contributed by atoms with Crippen LogP contribution in [0.3, 0.4) is 0 Å². The summed E-state index contributed by atoms with van der Waals surface area (Å²) in [6.07, 6.45) is 0. The first-order valence-electron chi connectivity index (χ1n) is 11.1. The lowest BCUT2D eigenvalue weighted by Crippen LogP contribution is -2.41. The quantitative estimate of drug-likeness (QED) is 0.388. The van der Waals surface area contributed by atoms with E-state index in [1.165, 1.54) is 40.8 Å². The van der Waals surface area contributed by atoms with Crippen LogP contribution in [-0.2, 0) is 17.8 Å². The van der Waals surface area contributed by atoms with Crippen molar-refractivity contribution in [1.29, 1.82) is 0 Å². The maximum atomic E-state index is 13.7. The average molecular weight is 485 g/mol. The normalized spacial score (nSPS) is 10.6. The molecule has 3 N–H and O–H groups in total. The summed E-state index contributed by atoms with van der Waals surface area (Å²) in [5, 5.41) is 0. The van der Waals surface area contributed by atoms with E-state index in [1.54, 1.807) is 0 Å². The Morgan fingerprint density at radius 2 is 1.42 bits per heavy atom. The van der Waals surface area contributed by atoms with Crippen LogP contribution in [-0.4, -0.2) is 28.5 Å². The Hall–Kier alpha value is -4.92. The van der Waals surface area contributed by atoms with E-state index < -0.39 is 23.1 Å². The molecule has 4 aromatic rings. The molecule has 0 atom stereocenters. The van der Waals surface area contributed by atoms with Crippen molar-refractivity contribution >= 4 is 23.4 Å². The summed E-state index contributed by atoms with van der Waals surface area (Å²) in [6, 6.07) is 24.1. The summed E-state index contributed by atoms with van der Waals surface area (Å²) in [7, 11) is 1.27. The van der Waals surface area contributed by atoms with Crippen molar-refractivity contribution in [2.75, 3.05) is 17.7 Å². The van der Waals surface area contributed by atoms with Gasteiger partial charge in [0.2, 0.25) is 0 Å². The van der Waals surface area contributed by atoms with Gasteiger partial charge in [-0.05, 0) is 35.4 Å². The third-order valence-corrected chi connectivity index (χ3v) is 5.65. The van der Waals surface area contributed by atoms with Crippen LogP contribution in [0.5, 0.6) is 0 Å². The number of ether oxygens (including phenoxy) is 1. The number of nitrogens with zero attached hydrogens (tertiary/aromatic N) is 2. The highest BCUT2D eigenvalue weighted by atomic mass is 16.5. The largest absolute Gasteiger partial charge is 0.465 e. The van der Waals surface area contributed by atoms with Gasteiger partial charge in [0.25, 0.3) is 11.5 Å². The molecule has 0 aliphatic heterocycles. The van der Waals surface area contributed by atoms with Gasteiger partial charge >= 0.3 is 11.7 Å². The fraction of sp³-hybridized carbons (Fsp3) is 0.111. The zero-order valence-corrected chi connectivity index (χ0v) is 19.5. The Morgan fingerprint density at radius 3 is 2.00 bits per heavy atom. The third kappa shape index (κ3) is 5.10. The van der Waals surface area contributed by atoms with Crippen molar-refractivity contribution < 1.29 is 14.3 Å². The minimum atomic E-state index is -0.780. The molecule has 0 unspecified atom stereocenters. The number of nitrogens with one attached hydrogen (secondary N) is 1. The molecule has 0 radical (unpaired) electrons. The van der Waals surface area contributed by atoms with Crippen molar-refractivity contribution in [3.05, 3.63) is 128 Å². The number of methoxy groups -OCH3 is 1. The fourth-order valence-electron chi connectivity index (χ4n) is 3.80. The number of anilines is 2. The molecule has 9 heteroatoms. The number of carbonyl (C=O) groups excluding carboxylic acids is 2. The number of nitrogens with two attached hydrogens (primary N) is 1. The predicted octanol–water partition coefficient (Wildman–Crippen LogP) is 2.80. The molecule has 4 rings (SSSR count). The molecule has 0 spiro atoms. The Kier molecular flexibility index (Phi) is 7.10. The number of esters is 1. The summed E-state index contributed by atoms with van der Waals surface area (Å²) in [6.45, 7) is 0.131. The second kappa shape index (κ2) is 10.6. The highest BCUT2D eigenvalue weighted by molar-refractivity contribution is 6.07. The lowest BCUT2D eigenvalue weighted by atomic mass is 10.1. The number of benzene rings is 3. The molecule has 0 aliphatic carbocycles. The average Bonchev–Trinajstić information content (AvgIpc) is 2.91. The number of hydrogen-bond acceptors (Lipinski definition) is 6. The summed E-state index contributed by atoms with van der Waals surface area (Å²) in [5.74, 6) is -1.20. The SMILES string of the molecule is COC(=O)c1ccc(C(=O)N(Cc2ccccc2)c2c(N)n(Cc3ccccc3)c(=O)[nH]c2=O)cc1. The smallest absolute Gasteiger partial charge is 0.337 e. The van der Waals surface area contributed by atoms with Gasteiger partial charge in [0.05, 0.1) is 25.8 Å². The number of amides is 1. The number of carbonyl (C=O) groups is 2. The highest BCUT2D eigenvalue weighted by Gasteiger charge is 2.26. The summed E-state index contributed by atoms with van der Waals surface area (Å²) in [4.78, 5) is 54.6. The minimum absolute atomic E-state index is 0.0231. The lowest BCUT2D eigenvalue weighted by Gasteiger charge is -2.25. The van der Waals surface area contributed by atoms with E-state index in [1.807, 2.05) is 60.7 Å². The first-order chi connectivity index (χ1) is 17.4. The maximum absolute atomic E-state index is 13.7. The first kappa shape index (κ1) is 24.2. The zero-order chi connectivity index (χ0) is 25.7. The van der Waals surface area contributed by atoms with E-state index in [9.17, 15) is 19.2 Å². The van der Waals surface area contributed by atoms with Gasteiger partial charge in [-0.3, -0.25) is 24.0 Å². The van der Waals surface area contributed by atoms with Crippen molar-refractivity contribution in [1.82, 2.24) is 9.55 Å². The van der Waals surface area contributed by atoms with E-state index >= 15 is 0 Å². The summed E-state index contributed by atoms with van der Waals surface area (Å²) in [5.41, 5.74) is 6.81. The molecular weight excluding hydrogens is 460 g/mol. The molecule has 1 heterocycles. The summed E-state index contributed by atoms with van der Waals surface area (Å²) < 4.78 is 5.93. The monoisotopic (exact) mass is 484 g/mol. The molecule has 0 saturated carbocycles. The molecule has 0 saturated heterocycles. The van der Waals surface area contributed by atoms with Crippen molar-refractivity contribution in [3.63, 3.8) is 0 Å². The van der Waals surface area contributed by atoms with Crippen LogP contribution in [0.25, 0.3) is 0 Å². The van der Waals surface area contributed by atoms with Gasteiger partial charge in [0.1, 0.15) is 5.82 Å². The number of aromatic amines is 1. The Labute approximate surface area is 206 Å². The minimum Gasteiger partial charge on any atom is -0.465 e. The van der Waals surface area contributed by atoms with Crippen LogP contribution in [0.4, 0.5) is 11.5 Å². The highest BCUT2D eigenvalue weighted by Crippen LogP contribution is 2.23. The number of rotatable bonds is 7. The van der Waals surface area contributed by atoms with Crippen LogP contribution in [0, 0.1) is 0 Å². The second-order valence-corrected chi connectivity index (χ2v) is 8.01. The van der Waals surface area contributed by atoms with E-state index in [-0.39, 0.29) is 35.7 Å². The molecule has 3 aromatic carbocycles. The van der Waals surface area contributed by atoms with Gasteiger partial charge in [-0.1, -0.05) is 60.7 Å². The molecule has 1 amide bonds. The number of hydrogen-bond donors (Lipinski definition) is 2. The third-order valence-electron chi connectivity index (χ3n) is 5.65. The predicted molar refractivity (Wildman–Crippen MR) is 136 cm³/mol. The zero-order valence-electron chi connectivity index (χ0n) is 19.5. The number of nitrogen functional groups attached to an aromatic ring is 1. The standard InChI is InChI=1S/C27H24N4O5/c1-36-26(34)21-14-12-20(13-15-21)25(33)30(16-18-8-4-2-5-9-18)22-23(28)31(27(35)29-24(22)32)17-19-10-6-3-7-11-19/h2-15H,16-17,28H2,1H3,(H,29,32,35). The van der Waals surface area contributed by atoms with Crippen LogP contribution >= 0.6 is 0 Å². The van der Waals surface area contributed by atoms with Crippen LogP contribution < -0.4 is 21.9 Å². The van der Waals surface area contributed by atoms with Gasteiger partial charge in [0.15, 0.2) is 5.69 Å². The summed E-state index contributed by atoms with van der Waals surface area (Å²) >= 11 is 0. The van der Waals surface area contributed by atoms with Crippen molar-refractivity contribution in [2.24, 2.45) is 0 Å².